The second-order valence-electron chi connectivity index (χ2n) is 9.07. The number of benzene rings is 3. The van der Waals surface area contributed by atoms with Crippen molar-refractivity contribution in [2.75, 3.05) is 49.0 Å². The van der Waals surface area contributed by atoms with Crippen LogP contribution in [0.5, 0.6) is 11.5 Å². The lowest BCUT2D eigenvalue weighted by Crippen LogP contribution is -2.60. The number of piperazine rings is 1. The second kappa shape index (κ2) is 9.29. The molecule has 0 saturated carbocycles. The zero-order chi connectivity index (χ0) is 23.7. The van der Waals surface area contributed by atoms with Gasteiger partial charge >= 0.3 is 0 Å². The third-order valence-electron chi connectivity index (χ3n) is 7.00. The van der Waals surface area contributed by atoms with Gasteiger partial charge < -0.3 is 24.6 Å². The van der Waals surface area contributed by atoms with Crippen molar-refractivity contribution < 1.29 is 14.3 Å². The first kappa shape index (κ1) is 22.1. The zero-order valence-corrected chi connectivity index (χ0v) is 20.0. The molecule has 2 heterocycles. The van der Waals surface area contributed by atoms with Crippen LogP contribution in [-0.4, -0.2) is 45.8 Å². The van der Waals surface area contributed by atoms with Gasteiger partial charge in [-0.05, 0) is 49.2 Å². The standard InChI is InChI=1S/C28H31N3O3/c1-19-7-10-22(11-8-19)30-13-14-31-26-17-24(34-3)12-9-20(26)15-25(27(31)18-30)28(32)29-21-5-4-6-23(16-21)33-2/h4-12,16-17,25,27H,13-15,18H2,1-3H3,(H,29,32)/t25-,27+/m1/s1. The van der Waals surface area contributed by atoms with Crippen molar-refractivity contribution in [3.05, 3.63) is 77.9 Å². The first-order valence-corrected chi connectivity index (χ1v) is 11.8. The highest BCUT2D eigenvalue weighted by Crippen LogP contribution is 2.39. The van der Waals surface area contributed by atoms with Crippen molar-refractivity contribution in [3.63, 3.8) is 0 Å². The van der Waals surface area contributed by atoms with E-state index in [1.54, 1.807) is 14.2 Å². The Morgan fingerprint density at radius 2 is 1.71 bits per heavy atom. The Balaban J connectivity index is 1.46. The van der Waals surface area contributed by atoms with Crippen LogP contribution in [0.3, 0.4) is 0 Å². The average Bonchev–Trinajstić information content (AvgIpc) is 2.88. The van der Waals surface area contributed by atoms with Crippen molar-refractivity contribution >= 4 is 23.0 Å². The van der Waals surface area contributed by atoms with Gasteiger partial charge in [0.25, 0.3) is 0 Å². The molecule has 1 saturated heterocycles. The van der Waals surface area contributed by atoms with Crippen LogP contribution in [-0.2, 0) is 11.2 Å². The number of anilines is 3. The van der Waals surface area contributed by atoms with Gasteiger partial charge in [-0.25, -0.2) is 0 Å². The topological polar surface area (TPSA) is 54.0 Å². The molecular formula is C28H31N3O3. The van der Waals surface area contributed by atoms with Crippen molar-refractivity contribution in [1.29, 1.82) is 0 Å². The minimum Gasteiger partial charge on any atom is -0.497 e. The molecule has 0 radical (unpaired) electrons. The number of aryl methyl sites for hydroxylation is 1. The van der Waals surface area contributed by atoms with Crippen LogP contribution in [0.25, 0.3) is 0 Å². The fourth-order valence-corrected chi connectivity index (χ4v) is 5.13. The van der Waals surface area contributed by atoms with E-state index < -0.39 is 0 Å². The molecule has 1 N–H and O–H groups in total. The molecule has 2 aliphatic rings. The number of ether oxygens (including phenoxy) is 2. The van der Waals surface area contributed by atoms with E-state index >= 15 is 0 Å². The van der Waals surface area contributed by atoms with E-state index in [1.807, 2.05) is 30.3 Å². The van der Waals surface area contributed by atoms with E-state index in [-0.39, 0.29) is 17.9 Å². The van der Waals surface area contributed by atoms with Gasteiger partial charge in [0.1, 0.15) is 11.5 Å². The monoisotopic (exact) mass is 457 g/mol. The molecule has 176 valence electrons. The van der Waals surface area contributed by atoms with Gasteiger partial charge in [0.05, 0.1) is 26.2 Å². The molecule has 34 heavy (non-hydrogen) atoms. The summed E-state index contributed by atoms with van der Waals surface area (Å²) in [4.78, 5) is 18.4. The van der Waals surface area contributed by atoms with Crippen LogP contribution < -0.4 is 24.6 Å². The Labute approximate surface area is 201 Å². The second-order valence-corrected chi connectivity index (χ2v) is 9.07. The molecular weight excluding hydrogens is 426 g/mol. The number of carbonyl (C=O) groups excluding carboxylic acids is 1. The summed E-state index contributed by atoms with van der Waals surface area (Å²) in [5, 5.41) is 3.15. The summed E-state index contributed by atoms with van der Waals surface area (Å²) in [6, 6.07) is 22.4. The van der Waals surface area contributed by atoms with E-state index in [0.717, 1.165) is 36.8 Å². The molecule has 2 atom stereocenters. The summed E-state index contributed by atoms with van der Waals surface area (Å²) in [5.41, 5.74) is 5.57. The van der Waals surface area contributed by atoms with E-state index in [0.29, 0.717) is 6.42 Å². The number of hydrogen-bond acceptors (Lipinski definition) is 5. The van der Waals surface area contributed by atoms with Crippen LogP contribution >= 0.6 is 0 Å². The quantitative estimate of drug-likeness (QED) is 0.611. The van der Waals surface area contributed by atoms with E-state index in [9.17, 15) is 4.79 Å². The fraction of sp³-hybridized carbons (Fsp3) is 0.321. The van der Waals surface area contributed by atoms with Crippen LogP contribution in [0.15, 0.2) is 66.7 Å². The predicted molar refractivity (Wildman–Crippen MR) is 136 cm³/mol. The van der Waals surface area contributed by atoms with Gasteiger partial charge in [-0.15, -0.1) is 0 Å². The predicted octanol–water partition coefficient (Wildman–Crippen LogP) is 4.52. The van der Waals surface area contributed by atoms with Crippen molar-refractivity contribution in [3.8, 4) is 11.5 Å². The number of carbonyl (C=O) groups is 1. The number of nitrogens with one attached hydrogen (secondary N) is 1. The van der Waals surface area contributed by atoms with Gasteiger partial charge in [0.2, 0.25) is 5.91 Å². The molecule has 6 heteroatoms. The summed E-state index contributed by atoms with van der Waals surface area (Å²) in [6.07, 6.45) is 0.692. The first-order valence-electron chi connectivity index (χ1n) is 11.8. The molecule has 0 aromatic heterocycles. The van der Waals surface area contributed by atoms with E-state index in [4.69, 9.17) is 9.47 Å². The molecule has 0 bridgehead atoms. The lowest BCUT2D eigenvalue weighted by molar-refractivity contribution is -0.120. The molecule has 3 aromatic carbocycles. The lowest BCUT2D eigenvalue weighted by Gasteiger charge is -2.49. The molecule has 1 amide bonds. The number of rotatable bonds is 5. The summed E-state index contributed by atoms with van der Waals surface area (Å²) in [5.74, 6) is 1.43. The maximum atomic E-state index is 13.6. The molecule has 0 unspecified atom stereocenters. The molecule has 2 aliphatic heterocycles. The Morgan fingerprint density at radius 1 is 0.941 bits per heavy atom. The summed E-state index contributed by atoms with van der Waals surface area (Å²) >= 11 is 0. The highest BCUT2D eigenvalue weighted by Gasteiger charge is 2.41. The van der Waals surface area contributed by atoms with Crippen molar-refractivity contribution in [2.24, 2.45) is 5.92 Å². The first-order chi connectivity index (χ1) is 16.6. The highest BCUT2D eigenvalue weighted by molar-refractivity contribution is 5.94. The van der Waals surface area contributed by atoms with Gasteiger partial charge in [-0.2, -0.15) is 0 Å². The SMILES string of the molecule is COc1cccc(NC(=O)[C@@H]2Cc3ccc(OC)cc3N3CCN(c4ccc(C)cc4)C[C@@H]23)c1. The molecule has 5 rings (SSSR count). The Bertz CT molecular complexity index is 1180. The van der Waals surface area contributed by atoms with Crippen LogP contribution in [0.2, 0.25) is 0 Å². The van der Waals surface area contributed by atoms with Crippen molar-refractivity contribution in [2.45, 2.75) is 19.4 Å². The lowest BCUT2D eigenvalue weighted by atomic mass is 9.83. The number of nitrogens with zero attached hydrogens (tertiary/aromatic N) is 2. The van der Waals surface area contributed by atoms with Gasteiger partial charge in [-0.3, -0.25) is 4.79 Å². The summed E-state index contributed by atoms with van der Waals surface area (Å²) < 4.78 is 10.8. The number of fused-ring (bicyclic) bond motifs is 3. The van der Waals surface area contributed by atoms with E-state index in [1.165, 1.54) is 22.5 Å². The van der Waals surface area contributed by atoms with E-state index in [2.05, 4.69) is 58.4 Å². The van der Waals surface area contributed by atoms with Gasteiger partial charge in [0.15, 0.2) is 0 Å². The maximum absolute atomic E-state index is 13.6. The van der Waals surface area contributed by atoms with Gasteiger partial charge in [0, 0.05) is 48.8 Å². The fourth-order valence-electron chi connectivity index (χ4n) is 5.13. The smallest absolute Gasteiger partial charge is 0.229 e. The minimum absolute atomic E-state index is 0.0375. The van der Waals surface area contributed by atoms with Crippen LogP contribution in [0, 0.1) is 12.8 Å². The molecule has 6 nitrogen and oxygen atoms in total. The third kappa shape index (κ3) is 4.28. The highest BCUT2D eigenvalue weighted by atomic mass is 16.5. The average molecular weight is 458 g/mol. The zero-order valence-electron chi connectivity index (χ0n) is 20.0. The maximum Gasteiger partial charge on any atom is 0.229 e. The number of amides is 1. The normalized spacial score (nSPS) is 19.1. The van der Waals surface area contributed by atoms with Crippen molar-refractivity contribution in [1.82, 2.24) is 0 Å². The molecule has 1 fully saturated rings. The molecule has 3 aromatic rings. The third-order valence-corrected chi connectivity index (χ3v) is 7.00. The summed E-state index contributed by atoms with van der Waals surface area (Å²) in [7, 11) is 3.33. The van der Waals surface area contributed by atoms with Crippen LogP contribution in [0.4, 0.5) is 17.1 Å². The summed E-state index contributed by atoms with van der Waals surface area (Å²) in [6.45, 7) is 4.64. The number of hydrogen-bond donors (Lipinski definition) is 1. The van der Waals surface area contributed by atoms with Crippen LogP contribution in [0.1, 0.15) is 11.1 Å². The number of methoxy groups -OCH3 is 2. The largest absolute Gasteiger partial charge is 0.497 e. The van der Waals surface area contributed by atoms with Gasteiger partial charge in [-0.1, -0.05) is 29.8 Å². The minimum atomic E-state index is -0.180. The molecule has 0 aliphatic carbocycles. The Kier molecular flexibility index (Phi) is 6.05. The Morgan fingerprint density at radius 3 is 2.47 bits per heavy atom. The Hall–Kier alpha value is -3.67. The molecule has 0 spiro atoms.